The van der Waals surface area contributed by atoms with Crippen LogP contribution in [-0.2, 0) is 9.59 Å². The van der Waals surface area contributed by atoms with Gasteiger partial charge >= 0.3 is 5.97 Å². The van der Waals surface area contributed by atoms with Crippen LogP contribution in [0.5, 0.6) is 5.75 Å². The van der Waals surface area contributed by atoms with E-state index in [2.05, 4.69) is 27.9 Å². The van der Waals surface area contributed by atoms with Crippen molar-refractivity contribution in [1.29, 1.82) is 0 Å². The van der Waals surface area contributed by atoms with E-state index in [-0.39, 0.29) is 18.6 Å². The molecule has 0 aromatic heterocycles. The second-order valence-electron chi connectivity index (χ2n) is 4.79. The molecule has 1 aromatic carbocycles. The van der Waals surface area contributed by atoms with Crippen LogP contribution < -0.4 is 10.1 Å². The van der Waals surface area contributed by atoms with Gasteiger partial charge in [-0.1, -0.05) is 6.42 Å². The molecule has 0 heterocycles. The van der Waals surface area contributed by atoms with Gasteiger partial charge in [-0.05, 0) is 59.7 Å². The fourth-order valence-corrected chi connectivity index (χ4v) is 2.72. The van der Waals surface area contributed by atoms with Gasteiger partial charge in [-0.3, -0.25) is 9.59 Å². The number of hydrogen-bond donors (Lipinski definition) is 2. The van der Waals surface area contributed by atoms with E-state index in [9.17, 15) is 9.59 Å². The molecule has 1 saturated carbocycles. The largest absolute Gasteiger partial charge is 0.484 e. The third-order valence-electron chi connectivity index (χ3n) is 3.36. The summed E-state index contributed by atoms with van der Waals surface area (Å²) < 4.78 is 6.46. The van der Waals surface area contributed by atoms with Crippen molar-refractivity contribution in [2.75, 3.05) is 6.61 Å². The summed E-state index contributed by atoms with van der Waals surface area (Å²) in [5, 5.41) is 11.8. The molecule has 1 aromatic rings. The Hall–Kier alpha value is -1.31. The van der Waals surface area contributed by atoms with Crippen molar-refractivity contribution in [3.8, 4) is 5.75 Å². The van der Waals surface area contributed by atoms with Crippen LogP contribution in [0.2, 0.25) is 0 Å². The second kappa shape index (κ2) is 6.92. The molecule has 1 aliphatic rings. The fourth-order valence-electron chi connectivity index (χ4n) is 2.36. The van der Waals surface area contributed by atoms with E-state index in [4.69, 9.17) is 9.84 Å². The minimum atomic E-state index is -0.841. The van der Waals surface area contributed by atoms with Crippen molar-refractivity contribution in [3.05, 3.63) is 27.8 Å². The summed E-state index contributed by atoms with van der Waals surface area (Å²) in [6.07, 6.45) is 2.17. The highest BCUT2D eigenvalue weighted by atomic mass is 127. The lowest BCUT2D eigenvalue weighted by atomic mass is 10.0. The van der Waals surface area contributed by atoms with Gasteiger partial charge < -0.3 is 15.2 Å². The summed E-state index contributed by atoms with van der Waals surface area (Å²) >= 11 is 2.19. The van der Waals surface area contributed by atoms with E-state index >= 15 is 0 Å². The number of ether oxygens (including phenoxy) is 1. The molecule has 6 heteroatoms. The van der Waals surface area contributed by atoms with Crippen LogP contribution in [0.3, 0.4) is 0 Å². The zero-order valence-corrected chi connectivity index (χ0v) is 13.0. The molecule has 2 atom stereocenters. The third-order valence-corrected chi connectivity index (χ3v) is 4.08. The van der Waals surface area contributed by atoms with Crippen LogP contribution in [0, 0.1) is 9.49 Å². The minimum absolute atomic E-state index is 0.0938. The summed E-state index contributed by atoms with van der Waals surface area (Å²) in [5.74, 6) is -0.966. The normalized spacial score (nSPS) is 21.4. The van der Waals surface area contributed by atoms with Gasteiger partial charge in [0.05, 0.1) is 5.92 Å². The highest BCUT2D eigenvalue weighted by Gasteiger charge is 2.33. The van der Waals surface area contributed by atoms with Gasteiger partial charge in [0.1, 0.15) is 5.75 Å². The smallest absolute Gasteiger partial charge is 0.308 e. The molecule has 0 radical (unpaired) electrons. The molecule has 2 N–H and O–H groups in total. The van der Waals surface area contributed by atoms with Gasteiger partial charge in [-0.15, -0.1) is 0 Å². The molecule has 1 fully saturated rings. The maximum Gasteiger partial charge on any atom is 0.308 e. The van der Waals surface area contributed by atoms with Crippen molar-refractivity contribution in [3.63, 3.8) is 0 Å². The number of carbonyl (C=O) groups excluding carboxylic acids is 1. The quantitative estimate of drug-likeness (QED) is 0.756. The third kappa shape index (κ3) is 4.09. The van der Waals surface area contributed by atoms with Crippen LogP contribution in [0.25, 0.3) is 0 Å². The van der Waals surface area contributed by atoms with Crippen LogP contribution in [0.4, 0.5) is 0 Å². The lowest BCUT2D eigenvalue weighted by molar-refractivity contribution is -0.142. The van der Waals surface area contributed by atoms with Crippen LogP contribution >= 0.6 is 22.6 Å². The molecule has 0 unspecified atom stereocenters. The minimum Gasteiger partial charge on any atom is -0.484 e. The Morgan fingerprint density at radius 2 is 2.00 bits per heavy atom. The van der Waals surface area contributed by atoms with Crippen molar-refractivity contribution in [1.82, 2.24) is 5.32 Å². The first-order valence-corrected chi connectivity index (χ1v) is 7.54. The van der Waals surface area contributed by atoms with Gasteiger partial charge in [0.15, 0.2) is 6.61 Å². The first-order valence-electron chi connectivity index (χ1n) is 6.47. The Bertz CT molecular complexity index is 488. The molecule has 2 rings (SSSR count). The summed E-state index contributed by atoms with van der Waals surface area (Å²) in [5.41, 5.74) is 0. The molecule has 5 nitrogen and oxygen atoms in total. The van der Waals surface area contributed by atoms with Crippen molar-refractivity contribution < 1.29 is 19.4 Å². The summed E-state index contributed by atoms with van der Waals surface area (Å²) in [6.45, 7) is -0.0938. The number of amides is 1. The van der Waals surface area contributed by atoms with Crippen LogP contribution in [0.15, 0.2) is 24.3 Å². The van der Waals surface area contributed by atoms with Crippen molar-refractivity contribution >= 4 is 34.5 Å². The molecule has 108 valence electrons. The molecular formula is C14H16INO4. The second-order valence-corrected chi connectivity index (χ2v) is 6.04. The van der Waals surface area contributed by atoms with E-state index in [0.717, 1.165) is 9.99 Å². The molecule has 1 aliphatic carbocycles. The maximum atomic E-state index is 11.8. The van der Waals surface area contributed by atoms with Gasteiger partial charge in [-0.2, -0.15) is 0 Å². The summed E-state index contributed by atoms with van der Waals surface area (Å²) in [7, 11) is 0. The van der Waals surface area contributed by atoms with Gasteiger partial charge in [-0.25, -0.2) is 0 Å². The first-order chi connectivity index (χ1) is 9.56. The predicted octanol–water partition coefficient (Wildman–Crippen LogP) is 2.04. The van der Waals surface area contributed by atoms with E-state index < -0.39 is 11.9 Å². The number of rotatable bonds is 5. The van der Waals surface area contributed by atoms with Crippen molar-refractivity contribution in [2.45, 2.75) is 25.3 Å². The fraction of sp³-hybridized carbons (Fsp3) is 0.429. The molecule has 0 spiro atoms. The number of nitrogens with one attached hydrogen (secondary N) is 1. The highest BCUT2D eigenvalue weighted by Crippen LogP contribution is 2.25. The number of benzene rings is 1. The summed E-state index contributed by atoms with van der Waals surface area (Å²) in [4.78, 5) is 22.8. The Kier molecular flexibility index (Phi) is 5.22. The van der Waals surface area contributed by atoms with Crippen molar-refractivity contribution in [2.24, 2.45) is 5.92 Å². The van der Waals surface area contributed by atoms with E-state index in [1.807, 2.05) is 12.1 Å². The molecular weight excluding hydrogens is 373 g/mol. The Morgan fingerprint density at radius 3 is 2.65 bits per heavy atom. The van der Waals surface area contributed by atoms with E-state index in [0.29, 0.717) is 18.6 Å². The monoisotopic (exact) mass is 389 g/mol. The zero-order valence-electron chi connectivity index (χ0n) is 10.8. The number of halogens is 1. The maximum absolute atomic E-state index is 11.8. The lowest BCUT2D eigenvalue weighted by Gasteiger charge is -2.17. The predicted molar refractivity (Wildman–Crippen MR) is 81.6 cm³/mol. The standard InChI is InChI=1S/C14H16INO4/c15-9-4-6-10(7-5-9)20-8-13(17)16-12-3-1-2-11(12)14(18)19/h4-7,11-12H,1-3,8H2,(H,16,17)(H,18,19)/t11-,12+/m1/s1. The Morgan fingerprint density at radius 1 is 1.30 bits per heavy atom. The van der Waals surface area contributed by atoms with Gasteiger partial charge in [0.2, 0.25) is 0 Å². The van der Waals surface area contributed by atoms with Gasteiger partial charge in [0.25, 0.3) is 5.91 Å². The first kappa shape index (κ1) is 15.1. The number of aliphatic carboxylic acids is 1. The molecule has 20 heavy (non-hydrogen) atoms. The zero-order chi connectivity index (χ0) is 14.5. The average molecular weight is 389 g/mol. The Labute approximate surface area is 130 Å². The highest BCUT2D eigenvalue weighted by molar-refractivity contribution is 14.1. The van der Waals surface area contributed by atoms with Gasteiger partial charge in [0, 0.05) is 9.61 Å². The van der Waals surface area contributed by atoms with Crippen LogP contribution in [-0.4, -0.2) is 29.6 Å². The molecule has 0 bridgehead atoms. The molecule has 1 amide bonds. The Balaban J connectivity index is 1.80. The van der Waals surface area contributed by atoms with E-state index in [1.54, 1.807) is 12.1 Å². The number of carboxylic acid groups (broad SMARTS) is 1. The average Bonchev–Trinajstić information content (AvgIpc) is 2.86. The number of carboxylic acids is 1. The molecule has 0 aliphatic heterocycles. The van der Waals surface area contributed by atoms with E-state index in [1.165, 1.54) is 0 Å². The number of carbonyl (C=O) groups is 2. The lowest BCUT2D eigenvalue weighted by Crippen LogP contribution is -2.42. The van der Waals surface area contributed by atoms with Crippen LogP contribution in [0.1, 0.15) is 19.3 Å². The number of hydrogen-bond acceptors (Lipinski definition) is 3. The molecule has 0 saturated heterocycles. The SMILES string of the molecule is O=C(COc1ccc(I)cc1)N[C@H]1CCC[C@H]1C(=O)O. The topological polar surface area (TPSA) is 75.6 Å². The summed E-state index contributed by atoms with van der Waals surface area (Å²) in [6, 6.07) is 7.10.